The first-order valence-electron chi connectivity index (χ1n) is 7.18. The Balaban J connectivity index is 2.53. The number of nitrogens with two attached hydrogens (primary N) is 2. The van der Waals surface area contributed by atoms with Crippen LogP contribution < -0.4 is 16.0 Å². The Morgan fingerprint density at radius 1 is 1.58 bits per heavy atom. The molecule has 1 fully saturated rings. The van der Waals surface area contributed by atoms with Crippen molar-refractivity contribution in [3.8, 4) is 0 Å². The summed E-state index contributed by atoms with van der Waals surface area (Å²) in [5.74, 6) is -2.18. The van der Waals surface area contributed by atoms with Crippen LogP contribution in [0.1, 0.15) is 25.6 Å². The summed E-state index contributed by atoms with van der Waals surface area (Å²) in [6.45, 7) is 1.97. The number of carbonyl (C=O) groups excluding carboxylic acids is 2. The Labute approximate surface area is 151 Å². The minimum absolute atomic E-state index is 0.0433. The van der Waals surface area contributed by atoms with Crippen molar-refractivity contribution in [1.29, 1.82) is 0 Å². The third kappa shape index (κ3) is 3.47. The third-order valence-electron chi connectivity index (χ3n) is 3.43. The second-order valence-electron chi connectivity index (χ2n) is 5.55. The standard InChI is InChI=1S/C12H16FN5O6S2/c1-5(2)24-16-8(10(14)19)7-4-25-12(15)17(7)9-6(3-13)18(11(9)20)26(21,22)23/h4-6,9,15H,3H2,1-2H3,(H3,14,19,21,22,23)/b16-8-/t6-,9-/m0/s1. The molecule has 0 bridgehead atoms. The Morgan fingerprint density at radius 2 is 2.19 bits per heavy atom. The Kier molecular flexibility index (Phi) is 5.48. The summed E-state index contributed by atoms with van der Waals surface area (Å²) in [5.41, 5.74) is 10.6. The van der Waals surface area contributed by atoms with Gasteiger partial charge in [-0.3, -0.25) is 15.3 Å². The van der Waals surface area contributed by atoms with Crippen LogP contribution in [0, 0.1) is 0 Å². The minimum atomic E-state index is -5.19. The van der Waals surface area contributed by atoms with Gasteiger partial charge in [0.05, 0.1) is 0 Å². The van der Waals surface area contributed by atoms with Crippen molar-refractivity contribution >= 4 is 44.3 Å². The predicted octanol–water partition coefficient (Wildman–Crippen LogP) is -1.59. The molecule has 2 heterocycles. The molecule has 0 spiro atoms. The Hall–Kier alpha value is -2.32. The molecular weight excluding hydrogens is 393 g/mol. The lowest BCUT2D eigenvalue weighted by molar-refractivity contribution is -0.704. The van der Waals surface area contributed by atoms with Crippen molar-refractivity contribution in [3.63, 3.8) is 0 Å². The minimum Gasteiger partial charge on any atom is -0.731 e. The highest BCUT2D eigenvalue weighted by Gasteiger charge is 2.56. The molecule has 26 heavy (non-hydrogen) atoms. The average molecular weight is 409 g/mol. The van der Waals surface area contributed by atoms with E-state index < -0.39 is 40.9 Å². The highest BCUT2D eigenvalue weighted by Crippen LogP contribution is 2.32. The molecule has 2 rings (SSSR count). The highest BCUT2D eigenvalue weighted by molar-refractivity contribution is 7.84. The van der Waals surface area contributed by atoms with Gasteiger partial charge in [-0.05, 0) is 13.8 Å². The number of nitrogens with zero attached hydrogens (tertiary/aromatic N) is 3. The first-order chi connectivity index (χ1) is 12.0. The number of β-lactam (4-membered cyclic amide) rings is 1. The fourth-order valence-electron chi connectivity index (χ4n) is 2.39. The van der Waals surface area contributed by atoms with Crippen LogP contribution in [0.3, 0.4) is 0 Å². The number of hydrogen-bond acceptors (Lipinski definition) is 9. The molecule has 1 aliphatic rings. The largest absolute Gasteiger partial charge is 0.731 e. The number of aromatic nitrogens is 1. The molecule has 2 amide bonds. The lowest BCUT2D eigenvalue weighted by Crippen LogP contribution is -2.72. The molecule has 1 aliphatic heterocycles. The van der Waals surface area contributed by atoms with Crippen molar-refractivity contribution in [2.24, 2.45) is 10.9 Å². The number of carbonyl (C=O) groups is 2. The van der Waals surface area contributed by atoms with Crippen molar-refractivity contribution in [2.45, 2.75) is 32.0 Å². The molecule has 1 saturated heterocycles. The maximum atomic E-state index is 13.3. The lowest BCUT2D eigenvalue weighted by Gasteiger charge is -2.44. The summed E-state index contributed by atoms with van der Waals surface area (Å²) in [7, 11) is -5.19. The van der Waals surface area contributed by atoms with Gasteiger partial charge in [-0.2, -0.15) is 0 Å². The first-order valence-corrected chi connectivity index (χ1v) is 9.42. The number of nitrogen functional groups attached to an aromatic ring is 1. The van der Waals surface area contributed by atoms with Crippen LogP contribution in [0.15, 0.2) is 10.5 Å². The molecular formula is C12H16FN5O6S2. The van der Waals surface area contributed by atoms with Crippen molar-refractivity contribution in [2.75, 3.05) is 12.4 Å². The molecule has 0 aliphatic carbocycles. The lowest BCUT2D eigenvalue weighted by atomic mass is 9.99. The van der Waals surface area contributed by atoms with Crippen LogP contribution in [0.2, 0.25) is 0 Å². The number of primary amides is 1. The van der Waals surface area contributed by atoms with E-state index in [0.29, 0.717) is 0 Å². The molecule has 0 saturated carbocycles. The fraction of sp³-hybridized carbons (Fsp3) is 0.500. The van der Waals surface area contributed by atoms with Crippen molar-refractivity contribution in [3.05, 3.63) is 11.1 Å². The average Bonchev–Trinajstić information content (AvgIpc) is 2.84. The molecule has 2 atom stereocenters. The number of alkyl halides is 1. The van der Waals surface area contributed by atoms with E-state index in [1.54, 1.807) is 13.8 Å². The number of amides is 2. The number of thiazole rings is 1. The zero-order valence-corrected chi connectivity index (χ0v) is 15.3. The summed E-state index contributed by atoms with van der Waals surface area (Å²) in [4.78, 5) is 28.9. The van der Waals surface area contributed by atoms with Crippen LogP contribution in [0.5, 0.6) is 0 Å². The number of anilines is 1. The normalized spacial score (nSPS) is 21.0. The van der Waals surface area contributed by atoms with Gasteiger partial charge in [0.2, 0.25) is 11.8 Å². The summed E-state index contributed by atoms with van der Waals surface area (Å²) >= 11 is 0.888. The second kappa shape index (κ2) is 7.13. The molecule has 0 radical (unpaired) electrons. The van der Waals surface area contributed by atoms with E-state index in [0.717, 1.165) is 15.9 Å². The number of rotatable bonds is 7. The number of oxime groups is 1. The van der Waals surface area contributed by atoms with E-state index in [1.807, 2.05) is 0 Å². The zero-order chi connectivity index (χ0) is 19.8. The van der Waals surface area contributed by atoms with Gasteiger partial charge in [0.15, 0.2) is 16.0 Å². The quantitative estimate of drug-likeness (QED) is 0.180. The monoisotopic (exact) mass is 409 g/mol. The summed E-state index contributed by atoms with van der Waals surface area (Å²) in [6.07, 6.45) is -0.390. The molecule has 144 valence electrons. The van der Waals surface area contributed by atoms with Crippen LogP contribution in [-0.2, 0) is 24.7 Å². The van der Waals surface area contributed by atoms with Gasteiger partial charge in [0, 0.05) is 5.38 Å². The molecule has 1 aromatic rings. The molecule has 0 unspecified atom stereocenters. The highest BCUT2D eigenvalue weighted by atomic mass is 32.2. The molecule has 1 aromatic heterocycles. The van der Waals surface area contributed by atoms with Gasteiger partial charge in [0.25, 0.3) is 11.8 Å². The maximum Gasteiger partial charge on any atom is 0.332 e. The van der Waals surface area contributed by atoms with E-state index in [-0.39, 0.29) is 26.9 Å². The van der Waals surface area contributed by atoms with Crippen LogP contribution in [0.25, 0.3) is 0 Å². The molecule has 0 aromatic carbocycles. The van der Waals surface area contributed by atoms with Gasteiger partial charge in [-0.15, -0.1) is 0 Å². The second-order valence-corrected chi connectivity index (χ2v) is 7.68. The molecule has 4 N–H and O–H groups in total. The van der Waals surface area contributed by atoms with E-state index in [9.17, 15) is 27.0 Å². The van der Waals surface area contributed by atoms with Gasteiger partial charge in [-0.25, -0.2) is 21.7 Å². The Morgan fingerprint density at radius 3 is 2.65 bits per heavy atom. The summed E-state index contributed by atoms with van der Waals surface area (Å²) in [5, 5.41) is 4.91. The zero-order valence-electron chi connectivity index (χ0n) is 13.7. The topological polar surface area (TPSA) is 172 Å². The van der Waals surface area contributed by atoms with E-state index in [1.165, 1.54) is 5.38 Å². The third-order valence-corrected chi connectivity index (χ3v) is 5.14. The van der Waals surface area contributed by atoms with Crippen molar-refractivity contribution < 1.29 is 36.4 Å². The van der Waals surface area contributed by atoms with Crippen molar-refractivity contribution in [1.82, 2.24) is 4.31 Å². The summed E-state index contributed by atoms with van der Waals surface area (Å²) in [6, 6.07) is -3.03. The van der Waals surface area contributed by atoms with E-state index >= 15 is 0 Å². The van der Waals surface area contributed by atoms with Gasteiger partial charge in [-0.1, -0.05) is 16.5 Å². The van der Waals surface area contributed by atoms with Gasteiger partial charge in [0.1, 0.15) is 18.8 Å². The van der Waals surface area contributed by atoms with Gasteiger partial charge < -0.3 is 15.1 Å². The first kappa shape index (κ1) is 20.0. The predicted molar refractivity (Wildman–Crippen MR) is 86.2 cm³/mol. The van der Waals surface area contributed by atoms with E-state index in [4.69, 9.17) is 16.3 Å². The van der Waals surface area contributed by atoms with Crippen LogP contribution in [0.4, 0.5) is 9.52 Å². The van der Waals surface area contributed by atoms with E-state index in [2.05, 4.69) is 5.16 Å². The molecule has 11 nitrogen and oxygen atoms in total. The van der Waals surface area contributed by atoms with Crippen LogP contribution in [-0.4, -0.2) is 53.6 Å². The fourth-order valence-corrected chi connectivity index (χ4v) is 4.01. The summed E-state index contributed by atoms with van der Waals surface area (Å²) < 4.78 is 47.6. The number of hydrogen-bond donors (Lipinski definition) is 2. The number of halogens is 1. The molecule has 14 heteroatoms. The van der Waals surface area contributed by atoms with Crippen LogP contribution >= 0.6 is 11.3 Å². The SMILES string of the molecule is CC(C)O/N=C(\C(N)=O)c1csc(N)[n+]1[C@@H]1C(=O)N(S(=O)(=O)[O-])[C@H]1CF. The Bertz CT molecular complexity index is 867. The van der Waals surface area contributed by atoms with Gasteiger partial charge >= 0.3 is 5.13 Å². The maximum absolute atomic E-state index is 13.3. The smallest absolute Gasteiger partial charge is 0.332 e.